The van der Waals surface area contributed by atoms with Crippen LogP contribution in [-0.4, -0.2) is 29.9 Å². The molecule has 2 aromatic carbocycles. The highest BCUT2D eigenvalue weighted by atomic mass is 35.5. The summed E-state index contributed by atoms with van der Waals surface area (Å²) in [5.74, 6) is -1.04. The number of amides is 1. The van der Waals surface area contributed by atoms with Crippen molar-refractivity contribution >= 4 is 29.1 Å². The molecule has 0 aromatic heterocycles. The fourth-order valence-electron chi connectivity index (χ4n) is 3.06. The molecular formula is C19H19Cl2FN2O. The van der Waals surface area contributed by atoms with E-state index in [2.05, 4.69) is 10.2 Å². The Morgan fingerprint density at radius 2 is 1.80 bits per heavy atom. The number of rotatable bonds is 4. The van der Waals surface area contributed by atoms with E-state index < -0.39 is 11.7 Å². The van der Waals surface area contributed by atoms with E-state index in [9.17, 15) is 9.18 Å². The molecule has 0 saturated carbocycles. The van der Waals surface area contributed by atoms with Crippen molar-refractivity contribution in [3.63, 3.8) is 0 Å². The molecule has 0 radical (unpaired) electrons. The molecule has 25 heavy (non-hydrogen) atoms. The Labute approximate surface area is 156 Å². The number of carbonyl (C=O) groups is 1. The van der Waals surface area contributed by atoms with Crippen LogP contribution in [0, 0.1) is 5.82 Å². The van der Waals surface area contributed by atoms with E-state index in [0.717, 1.165) is 37.5 Å². The van der Waals surface area contributed by atoms with Gasteiger partial charge in [-0.2, -0.15) is 0 Å². The van der Waals surface area contributed by atoms with Gasteiger partial charge in [0.1, 0.15) is 5.82 Å². The maximum atomic E-state index is 13.8. The van der Waals surface area contributed by atoms with Crippen LogP contribution in [0.1, 0.15) is 28.8 Å². The van der Waals surface area contributed by atoms with Crippen molar-refractivity contribution in [1.29, 1.82) is 0 Å². The van der Waals surface area contributed by atoms with Crippen LogP contribution in [0.15, 0.2) is 42.5 Å². The van der Waals surface area contributed by atoms with Gasteiger partial charge in [-0.1, -0.05) is 41.4 Å². The van der Waals surface area contributed by atoms with Crippen molar-refractivity contribution in [3.8, 4) is 0 Å². The fraction of sp³-hybridized carbons (Fsp3) is 0.316. The molecule has 3 nitrogen and oxygen atoms in total. The number of piperidine rings is 1. The third-order valence-electron chi connectivity index (χ3n) is 4.43. The summed E-state index contributed by atoms with van der Waals surface area (Å²) in [4.78, 5) is 14.6. The summed E-state index contributed by atoms with van der Waals surface area (Å²) in [6.07, 6.45) is 1.65. The number of hydrogen-bond acceptors (Lipinski definition) is 2. The molecule has 1 amide bonds. The van der Waals surface area contributed by atoms with Gasteiger partial charge in [0, 0.05) is 30.7 Å². The summed E-state index contributed by atoms with van der Waals surface area (Å²) in [5, 5.41) is 3.77. The lowest BCUT2D eigenvalue weighted by Gasteiger charge is -2.32. The normalized spacial score (nSPS) is 16.0. The Bertz CT molecular complexity index is 723. The van der Waals surface area contributed by atoms with Crippen LogP contribution >= 0.6 is 23.2 Å². The lowest BCUT2D eigenvalue weighted by atomic mass is 10.0. The largest absolute Gasteiger partial charge is 0.349 e. The number of carbonyl (C=O) groups excluding carboxylic acids is 1. The second-order valence-electron chi connectivity index (χ2n) is 6.25. The summed E-state index contributed by atoms with van der Waals surface area (Å²) >= 11 is 11.9. The van der Waals surface area contributed by atoms with Crippen LogP contribution in [0.2, 0.25) is 10.0 Å². The van der Waals surface area contributed by atoms with Crippen LogP contribution in [0.5, 0.6) is 0 Å². The summed E-state index contributed by atoms with van der Waals surface area (Å²) < 4.78 is 13.8. The lowest BCUT2D eigenvalue weighted by Crippen LogP contribution is -2.44. The second kappa shape index (κ2) is 8.17. The Morgan fingerprint density at radius 1 is 1.12 bits per heavy atom. The number of halogens is 3. The summed E-state index contributed by atoms with van der Waals surface area (Å²) in [6.45, 7) is 2.61. The minimum atomic E-state index is -0.592. The molecule has 2 aromatic rings. The molecule has 132 valence electrons. The van der Waals surface area contributed by atoms with E-state index in [1.165, 1.54) is 23.8 Å². The number of benzene rings is 2. The number of hydrogen-bond donors (Lipinski definition) is 1. The monoisotopic (exact) mass is 380 g/mol. The van der Waals surface area contributed by atoms with E-state index in [1.54, 1.807) is 0 Å². The van der Waals surface area contributed by atoms with Gasteiger partial charge in [0.2, 0.25) is 0 Å². The number of nitrogens with zero attached hydrogens (tertiary/aromatic N) is 1. The Balaban J connectivity index is 1.52. The van der Waals surface area contributed by atoms with Crippen LogP contribution in [-0.2, 0) is 6.54 Å². The average molecular weight is 381 g/mol. The Hall–Kier alpha value is -1.62. The lowest BCUT2D eigenvalue weighted by molar-refractivity contribution is 0.0905. The highest BCUT2D eigenvalue weighted by molar-refractivity contribution is 6.33. The van der Waals surface area contributed by atoms with Gasteiger partial charge in [-0.15, -0.1) is 0 Å². The smallest absolute Gasteiger partial charge is 0.255 e. The highest BCUT2D eigenvalue weighted by Gasteiger charge is 2.23. The molecule has 0 atom stereocenters. The van der Waals surface area contributed by atoms with Gasteiger partial charge >= 0.3 is 0 Å². The van der Waals surface area contributed by atoms with Crippen molar-refractivity contribution in [3.05, 3.63) is 69.5 Å². The zero-order chi connectivity index (χ0) is 17.8. The molecule has 1 N–H and O–H groups in total. The molecule has 6 heteroatoms. The summed E-state index contributed by atoms with van der Waals surface area (Å²) in [5.41, 5.74) is 1.14. The maximum Gasteiger partial charge on any atom is 0.255 e. The molecular weight excluding hydrogens is 362 g/mol. The summed E-state index contributed by atoms with van der Waals surface area (Å²) in [6, 6.07) is 12.1. The zero-order valence-electron chi connectivity index (χ0n) is 13.6. The van der Waals surface area contributed by atoms with Gasteiger partial charge in [-0.25, -0.2) is 4.39 Å². The molecule has 1 aliphatic heterocycles. The van der Waals surface area contributed by atoms with E-state index in [4.69, 9.17) is 23.2 Å². The first-order chi connectivity index (χ1) is 12.0. The van der Waals surface area contributed by atoms with E-state index in [0.29, 0.717) is 0 Å². The van der Waals surface area contributed by atoms with Gasteiger partial charge in [0.15, 0.2) is 0 Å². The molecule has 0 bridgehead atoms. The third kappa shape index (κ3) is 4.72. The van der Waals surface area contributed by atoms with E-state index >= 15 is 0 Å². The molecule has 3 rings (SSSR count). The van der Waals surface area contributed by atoms with Crippen molar-refractivity contribution in [2.24, 2.45) is 0 Å². The zero-order valence-corrected chi connectivity index (χ0v) is 15.2. The quantitative estimate of drug-likeness (QED) is 0.844. The standard InChI is InChI=1S/C19H19Cl2FN2O/c20-14-6-4-13(5-7-14)12-24-10-8-15(9-11-24)23-19(25)18-16(21)2-1-3-17(18)22/h1-7,15H,8-12H2,(H,23,25). The third-order valence-corrected chi connectivity index (χ3v) is 5.00. The summed E-state index contributed by atoms with van der Waals surface area (Å²) in [7, 11) is 0. The first-order valence-corrected chi connectivity index (χ1v) is 9.00. The fourth-order valence-corrected chi connectivity index (χ4v) is 3.43. The topological polar surface area (TPSA) is 32.3 Å². The molecule has 0 aliphatic carbocycles. The molecule has 1 heterocycles. The first kappa shape index (κ1) is 18.2. The highest BCUT2D eigenvalue weighted by Crippen LogP contribution is 2.20. The number of likely N-dealkylation sites (tertiary alicyclic amines) is 1. The molecule has 0 unspecified atom stereocenters. The van der Waals surface area contributed by atoms with E-state index in [1.807, 2.05) is 24.3 Å². The van der Waals surface area contributed by atoms with Gasteiger partial charge in [-0.3, -0.25) is 9.69 Å². The minimum Gasteiger partial charge on any atom is -0.349 e. The Kier molecular flexibility index (Phi) is 5.94. The van der Waals surface area contributed by atoms with E-state index in [-0.39, 0.29) is 16.6 Å². The average Bonchev–Trinajstić information content (AvgIpc) is 2.58. The van der Waals surface area contributed by atoms with Crippen LogP contribution in [0.3, 0.4) is 0 Å². The molecule has 0 spiro atoms. The van der Waals surface area contributed by atoms with Crippen molar-refractivity contribution < 1.29 is 9.18 Å². The van der Waals surface area contributed by atoms with Gasteiger partial charge in [0.05, 0.1) is 10.6 Å². The predicted octanol–water partition coefficient (Wildman–Crippen LogP) is 4.53. The van der Waals surface area contributed by atoms with Gasteiger partial charge in [0.25, 0.3) is 5.91 Å². The second-order valence-corrected chi connectivity index (χ2v) is 7.09. The van der Waals surface area contributed by atoms with Crippen LogP contribution in [0.4, 0.5) is 4.39 Å². The predicted molar refractivity (Wildman–Crippen MR) is 98.6 cm³/mol. The van der Waals surface area contributed by atoms with Gasteiger partial charge < -0.3 is 5.32 Å². The van der Waals surface area contributed by atoms with Crippen LogP contribution < -0.4 is 5.32 Å². The molecule has 1 aliphatic rings. The van der Waals surface area contributed by atoms with Crippen molar-refractivity contribution in [2.45, 2.75) is 25.4 Å². The van der Waals surface area contributed by atoms with Crippen LogP contribution in [0.25, 0.3) is 0 Å². The van der Waals surface area contributed by atoms with Crippen molar-refractivity contribution in [2.75, 3.05) is 13.1 Å². The number of nitrogens with one attached hydrogen (secondary N) is 1. The van der Waals surface area contributed by atoms with Crippen molar-refractivity contribution in [1.82, 2.24) is 10.2 Å². The first-order valence-electron chi connectivity index (χ1n) is 8.24. The molecule has 1 saturated heterocycles. The SMILES string of the molecule is O=C(NC1CCN(Cc2ccc(Cl)cc2)CC1)c1c(F)cccc1Cl. The Morgan fingerprint density at radius 3 is 2.44 bits per heavy atom. The van der Waals surface area contributed by atoms with Gasteiger partial charge in [-0.05, 0) is 42.7 Å². The minimum absolute atomic E-state index is 0.0321. The maximum absolute atomic E-state index is 13.8. The molecule has 1 fully saturated rings.